The van der Waals surface area contributed by atoms with Crippen molar-refractivity contribution in [3.8, 4) is 0 Å². The number of aliphatic hydroxyl groups is 1. The minimum Gasteiger partial charge on any atom is -0.383 e. The highest BCUT2D eigenvalue weighted by atomic mass is 32.1. The van der Waals surface area contributed by atoms with Crippen molar-refractivity contribution in [2.75, 3.05) is 11.9 Å². The molecular formula is C14H13F3N2O3S. The van der Waals surface area contributed by atoms with Crippen molar-refractivity contribution in [2.24, 2.45) is 0 Å². The van der Waals surface area contributed by atoms with Gasteiger partial charge >= 0.3 is 6.18 Å². The minimum atomic E-state index is -4.84. The van der Waals surface area contributed by atoms with Gasteiger partial charge in [-0.15, -0.1) is 11.3 Å². The summed E-state index contributed by atoms with van der Waals surface area (Å²) in [4.78, 5) is 10.3. The number of nitrogens with one attached hydrogen (secondary N) is 1. The van der Waals surface area contributed by atoms with Crippen LogP contribution in [-0.2, 0) is 11.8 Å². The molecular weight excluding hydrogens is 333 g/mol. The molecule has 0 aliphatic heterocycles. The molecule has 1 atom stereocenters. The van der Waals surface area contributed by atoms with Gasteiger partial charge in [-0.1, -0.05) is 6.07 Å². The topological polar surface area (TPSA) is 75.4 Å². The third-order valence-corrected chi connectivity index (χ3v) is 4.31. The zero-order chi connectivity index (χ0) is 17.3. The number of alkyl halides is 3. The van der Waals surface area contributed by atoms with Crippen LogP contribution in [0, 0.1) is 10.1 Å². The molecule has 0 aliphatic carbocycles. The predicted molar refractivity (Wildman–Crippen MR) is 80.5 cm³/mol. The fourth-order valence-electron chi connectivity index (χ4n) is 1.98. The van der Waals surface area contributed by atoms with E-state index in [9.17, 15) is 28.4 Å². The summed E-state index contributed by atoms with van der Waals surface area (Å²) in [6, 6.07) is 6.11. The number of rotatable bonds is 5. The van der Waals surface area contributed by atoms with E-state index in [-0.39, 0.29) is 12.2 Å². The lowest BCUT2D eigenvalue weighted by atomic mass is 10.0. The van der Waals surface area contributed by atoms with Crippen LogP contribution in [0.1, 0.15) is 17.4 Å². The van der Waals surface area contributed by atoms with Crippen molar-refractivity contribution in [1.29, 1.82) is 0 Å². The molecule has 5 nitrogen and oxygen atoms in total. The second-order valence-corrected chi connectivity index (χ2v) is 6.04. The highest BCUT2D eigenvalue weighted by Crippen LogP contribution is 2.37. The predicted octanol–water partition coefficient (Wildman–Crippen LogP) is 3.99. The zero-order valence-corrected chi connectivity index (χ0v) is 12.7. The zero-order valence-electron chi connectivity index (χ0n) is 11.9. The van der Waals surface area contributed by atoms with E-state index in [2.05, 4.69) is 5.32 Å². The van der Waals surface area contributed by atoms with Gasteiger partial charge in [0.15, 0.2) is 0 Å². The molecule has 0 saturated carbocycles. The van der Waals surface area contributed by atoms with Crippen LogP contribution < -0.4 is 5.32 Å². The van der Waals surface area contributed by atoms with E-state index < -0.39 is 28.0 Å². The van der Waals surface area contributed by atoms with Crippen LogP contribution in [0.3, 0.4) is 0 Å². The Hall–Kier alpha value is -2.13. The Morgan fingerprint density at radius 2 is 2.04 bits per heavy atom. The number of anilines is 1. The van der Waals surface area contributed by atoms with Crippen molar-refractivity contribution in [2.45, 2.75) is 18.7 Å². The first kappa shape index (κ1) is 17.2. The molecule has 9 heteroatoms. The molecule has 2 N–H and O–H groups in total. The molecule has 23 heavy (non-hydrogen) atoms. The van der Waals surface area contributed by atoms with Gasteiger partial charge < -0.3 is 10.4 Å². The largest absolute Gasteiger partial charge is 0.423 e. The second kappa shape index (κ2) is 6.17. The molecule has 1 unspecified atom stereocenters. The molecule has 124 valence electrons. The minimum absolute atomic E-state index is 0.0391. The van der Waals surface area contributed by atoms with Crippen LogP contribution in [0.5, 0.6) is 0 Å². The van der Waals surface area contributed by atoms with E-state index in [1.807, 2.05) is 0 Å². The van der Waals surface area contributed by atoms with Gasteiger partial charge in [-0.25, -0.2) is 0 Å². The van der Waals surface area contributed by atoms with E-state index in [0.717, 1.165) is 6.07 Å². The van der Waals surface area contributed by atoms with Gasteiger partial charge in [0.1, 0.15) is 11.2 Å². The number of thiophene rings is 1. The smallest absolute Gasteiger partial charge is 0.383 e. The highest BCUT2D eigenvalue weighted by Gasteiger charge is 2.38. The third kappa shape index (κ3) is 3.99. The van der Waals surface area contributed by atoms with E-state index >= 15 is 0 Å². The van der Waals surface area contributed by atoms with Gasteiger partial charge in [0, 0.05) is 23.2 Å². The Bertz CT molecular complexity index is 700. The average Bonchev–Trinajstić information content (AvgIpc) is 2.99. The normalized spacial score (nSPS) is 14.3. The van der Waals surface area contributed by atoms with Gasteiger partial charge in [-0.2, -0.15) is 13.2 Å². The van der Waals surface area contributed by atoms with Crippen LogP contribution in [0.4, 0.5) is 24.5 Å². The third-order valence-electron chi connectivity index (χ3n) is 3.19. The van der Waals surface area contributed by atoms with Crippen molar-refractivity contribution in [3.63, 3.8) is 0 Å². The number of hydrogen-bond donors (Lipinski definition) is 2. The SMILES string of the molecule is CC(O)(CNc1ccc([N+](=O)[O-])c(C(F)(F)F)c1)c1cccs1. The van der Waals surface area contributed by atoms with E-state index in [4.69, 9.17) is 0 Å². The summed E-state index contributed by atoms with van der Waals surface area (Å²) in [5.41, 5.74) is -3.56. The van der Waals surface area contributed by atoms with Crippen molar-refractivity contribution >= 4 is 22.7 Å². The Labute approximate surface area is 133 Å². The molecule has 0 radical (unpaired) electrons. The number of halogens is 3. The van der Waals surface area contributed by atoms with Crippen LogP contribution in [0.2, 0.25) is 0 Å². The number of hydrogen-bond acceptors (Lipinski definition) is 5. The van der Waals surface area contributed by atoms with E-state index in [1.54, 1.807) is 17.5 Å². The Balaban J connectivity index is 2.23. The average molecular weight is 346 g/mol. The lowest BCUT2D eigenvalue weighted by molar-refractivity contribution is -0.388. The van der Waals surface area contributed by atoms with Crippen LogP contribution in [-0.4, -0.2) is 16.6 Å². The standard InChI is InChI=1S/C14H13F3N2O3S/c1-13(20,12-3-2-6-23-12)8-18-9-4-5-11(19(21)22)10(7-9)14(15,16)17/h2-7,18,20H,8H2,1H3. The molecule has 0 aliphatic rings. The Kier molecular flexibility index (Phi) is 4.62. The first-order chi connectivity index (χ1) is 10.6. The maximum Gasteiger partial charge on any atom is 0.423 e. The first-order valence-electron chi connectivity index (χ1n) is 6.47. The van der Waals surface area contributed by atoms with Crippen LogP contribution in [0.25, 0.3) is 0 Å². The van der Waals surface area contributed by atoms with Crippen molar-refractivity contribution < 1.29 is 23.2 Å². The van der Waals surface area contributed by atoms with Gasteiger partial charge in [-0.05, 0) is 30.5 Å². The summed E-state index contributed by atoms with van der Waals surface area (Å²) in [6.45, 7) is 1.49. The van der Waals surface area contributed by atoms with E-state index in [0.29, 0.717) is 10.9 Å². The lowest BCUT2D eigenvalue weighted by Gasteiger charge is -2.23. The van der Waals surface area contributed by atoms with Crippen LogP contribution >= 0.6 is 11.3 Å². The number of nitrogens with zero attached hydrogens (tertiary/aromatic N) is 1. The summed E-state index contributed by atoms with van der Waals surface area (Å²) < 4.78 is 38.7. The van der Waals surface area contributed by atoms with Gasteiger partial charge in [0.25, 0.3) is 5.69 Å². The summed E-state index contributed by atoms with van der Waals surface area (Å²) in [5, 5.41) is 25.5. The fourth-order valence-corrected chi connectivity index (χ4v) is 2.77. The van der Waals surface area contributed by atoms with Gasteiger partial charge in [-0.3, -0.25) is 10.1 Å². The number of nitro benzene ring substituents is 1. The monoisotopic (exact) mass is 346 g/mol. The maximum absolute atomic E-state index is 12.9. The first-order valence-corrected chi connectivity index (χ1v) is 7.35. The molecule has 2 rings (SSSR count). The molecule has 0 spiro atoms. The van der Waals surface area contributed by atoms with Crippen LogP contribution in [0.15, 0.2) is 35.7 Å². The fraction of sp³-hybridized carbons (Fsp3) is 0.286. The molecule has 0 amide bonds. The molecule has 0 saturated heterocycles. The van der Waals surface area contributed by atoms with Crippen molar-refractivity contribution in [1.82, 2.24) is 0 Å². The number of nitro groups is 1. The molecule has 0 bridgehead atoms. The second-order valence-electron chi connectivity index (χ2n) is 5.09. The summed E-state index contributed by atoms with van der Waals surface area (Å²) in [5.74, 6) is 0. The summed E-state index contributed by atoms with van der Waals surface area (Å²) in [7, 11) is 0. The highest BCUT2D eigenvalue weighted by molar-refractivity contribution is 7.10. The quantitative estimate of drug-likeness (QED) is 0.634. The Morgan fingerprint density at radius 3 is 2.57 bits per heavy atom. The van der Waals surface area contributed by atoms with E-state index in [1.165, 1.54) is 24.3 Å². The molecule has 2 aromatic rings. The molecule has 1 aromatic heterocycles. The van der Waals surface area contributed by atoms with Gasteiger partial charge in [0.2, 0.25) is 0 Å². The van der Waals surface area contributed by atoms with Crippen molar-refractivity contribution in [3.05, 3.63) is 56.3 Å². The lowest BCUT2D eigenvalue weighted by Crippen LogP contribution is -2.29. The molecule has 1 aromatic carbocycles. The Morgan fingerprint density at radius 1 is 1.35 bits per heavy atom. The number of benzene rings is 1. The molecule has 1 heterocycles. The molecule has 0 fully saturated rings. The summed E-state index contributed by atoms with van der Waals surface area (Å²) >= 11 is 1.32. The van der Waals surface area contributed by atoms with Gasteiger partial charge in [0.05, 0.1) is 4.92 Å². The summed E-state index contributed by atoms with van der Waals surface area (Å²) in [6.07, 6.45) is -4.84. The maximum atomic E-state index is 12.9.